The number of rotatable bonds is 2. The van der Waals surface area contributed by atoms with E-state index in [1.54, 1.807) is 0 Å². The van der Waals surface area contributed by atoms with E-state index >= 15 is 0 Å². The maximum Gasteiger partial charge on any atom is 0.115 e. The summed E-state index contributed by atoms with van der Waals surface area (Å²) in [7, 11) is 0. The van der Waals surface area contributed by atoms with Gasteiger partial charge in [0.2, 0.25) is 0 Å². The molecule has 0 bridgehead atoms. The first-order valence-electron chi connectivity index (χ1n) is 6.92. The van der Waals surface area contributed by atoms with Crippen molar-refractivity contribution in [3.05, 3.63) is 29.3 Å². The monoisotopic (exact) mass is 234 g/mol. The number of benzene rings is 1. The van der Waals surface area contributed by atoms with Gasteiger partial charge in [0.15, 0.2) is 0 Å². The molecule has 0 fully saturated rings. The smallest absolute Gasteiger partial charge is 0.115 e. The third kappa shape index (κ3) is 2.34. The minimum Gasteiger partial charge on any atom is -0.508 e. The average molecular weight is 234 g/mol. The Morgan fingerprint density at radius 1 is 1.29 bits per heavy atom. The molecule has 96 valence electrons. The molecule has 0 saturated heterocycles. The maximum atomic E-state index is 9.61. The van der Waals surface area contributed by atoms with Gasteiger partial charge in [0.25, 0.3) is 0 Å². The van der Waals surface area contributed by atoms with Crippen molar-refractivity contribution in [2.24, 2.45) is 5.92 Å². The molecular weight excluding hydrogens is 208 g/mol. The zero-order chi connectivity index (χ0) is 13.1. The first-order chi connectivity index (χ1) is 8.10. The van der Waals surface area contributed by atoms with Gasteiger partial charge in [-0.25, -0.2) is 0 Å². The summed E-state index contributed by atoms with van der Waals surface area (Å²) >= 11 is 0. The molecular formula is C16H26O. The van der Waals surface area contributed by atoms with Crippen molar-refractivity contribution >= 4 is 0 Å². The van der Waals surface area contributed by atoms with Gasteiger partial charge in [0.1, 0.15) is 5.75 Å². The molecule has 1 atom stereocenters. The Bertz CT molecular complexity index is 368. The van der Waals surface area contributed by atoms with E-state index in [-0.39, 0.29) is 0 Å². The summed E-state index contributed by atoms with van der Waals surface area (Å²) in [5.41, 5.74) is 3.12. The van der Waals surface area contributed by atoms with Gasteiger partial charge in [-0.15, -0.1) is 0 Å². The summed E-state index contributed by atoms with van der Waals surface area (Å²) in [5.74, 6) is 1.06. The predicted molar refractivity (Wildman–Crippen MR) is 74.6 cm³/mol. The fraction of sp³-hybridized carbons (Fsp3) is 0.625. The van der Waals surface area contributed by atoms with Gasteiger partial charge in [0.05, 0.1) is 0 Å². The zero-order valence-electron chi connectivity index (χ0n) is 11.9. The van der Waals surface area contributed by atoms with E-state index in [1.807, 2.05) is 26.0 Å². The van der Waals surface area contributed by atoms with Crippen LogP contribution in [0.4, 0.5) is 0 Å². The van der Waals surface area contributed by atoms with E-state index in [9.17, 15) is 5.11 Å². The minimum atomic E-state index is 0.300. The second-order valence-corrected chi connectivity index (χ2v) is 5.01. The van der Waals surface area contributed by atoms with Gasteiger partial charge < -0.3 is 5.11 Å². The molecule has 1 nitrogen and oxygen atoms in total. The number of aromatic hydroxyl groups is 1. The molecule has 1 unspecified atom stereocenters. The number of aryl methyl sites for hydroxylation is 1. The molecule has 17 heavy (non-hydrogen) atoms. The van der Waals surface area contributed by atoms with Crippen LogP contribution in [0.25, 0.3) is 0 Å². The van der Waals surface area contributed by atoms with E-state index < -0.39 is 0 Å². The van der Waals surface area contributed by atoms with Crippen LogP contribution in [-0.2, 0) is 11.8 Å². The second kappa shape index (κ2) is 5.57. The highest BCUT2D eigenvalue weighted by atomic mass is 16.3. The SMILES string of the molecule is CC.CCC1(C(C)C)CCc2ccc(O)cc21. The lowest BCUT2D eigenvalue weighted by Crippen LogP contribution is -2.28. The Balaban J connectivity index is 0.000000686. The highest BCUT2D eigenvalue weighted by Gasteiger charge is 2.39. The summed E-state index contributed by atoms with van der Waals surface area (Å²) < 4.78 is 0. The standard InChI is InChI=1S/C14H20O.C2H6/c1-4-14(10(2)3)8-7-11-5-6-12(15)9-13(11)14;1-2/h5-6,9-10,15H,4,7-8H2,1-3H3;1-2H3. The van der Waals surface area contributed by atoms with Crippen molar-refractivity contribution in [1.29, 1.82) is 0 Å². The molecule has 0 amide bonds. The van der Waals surface area contributed by atoms with Crippen molar-refractivity contribution in [3.63, 3.8) is 0 Å². The van der Waals surface area contributed by atoms with Crippen molar-refractivity contribution in [2.45, 2.75) is 59.3 Å². The van der Waals surface area contributed by atoms with Crippen LogP contribution in [-0.4, -0.2) is 5.11 Å². The second-order valence-electron chi connectivity index (χ2n) is 5.01. The largest absolute Gasteiger partial charge is 0.508 e. The maximum absolute atomic E-state index is 9.61. The highest BCUT2D eigenvalue weighted by molar-refractivity contribution is 5.44. The minimum absolute atomic E-state index is 0.300. The predicted octanol–water partition coefficient (Wildman–Crippen LogP) is 4.67. The average Bonchev–Trinajstić information content (AvgIpc) is 2.71. The summed E-state index contributed by atoms with van der Waals surface area (Å²) in [6.45, 7) is 10.9. The molecule has 1 aliphatic carbocycles. The number of hydrogen-bond donors (Lipinski definition) is 1. The third-order valence-corrected chi connectivity index (χ3v) is 4.21. The molecule has 0 radical (unpaired) electrons. The lowest BCUT2D eigenvalue weighted by molar-refractivity contribution is 0.293. The van der Waals surface area contributed by atoms with Crippen molar-refractivity contribution in [2.75, 3.05) is 0 Å². The van der Waals surface area contributed by atoms with Gasteiger partial charge in [-0.1, -0.05) is 40.7 Å². The fourth-order valence-electron chi connectivity index (χ4n) is 3.11. The van der Waals surface area contributed by atoms with Crippen molar-refractivity contribution in [1.82, 2.24) is 0 Å². The van der Waals surface area contributed by atoms with Gasteiger partial charge in [-0.2, -0.15) is 0 Å². The van der Waals surface area contributed by atoms with Crippen LogP contribution in [0.15, 0.2) is 18.2 Å². The van der Waals surface area contributed by atoms with E-state index in [0.717, 1.165) is 0 Å². The van der Waals surface area contributed by atoms with E-state index in [0.29, 0.717) is 17.1 Å². The van der Waals surface area contributed by atoms with Crippen LogP contribution in [0.2, 0.25) is 0 Å². The van der Waals surface area contributed by atoms with Crippen LogP contribution in [0.3, 0.4) is 0 Å². The van der Waals surface area contributed by atoms with Crippen LogP contribution in [0.5, 0.6) is 5.75 Å². The Hall–Kier alpha value is -0.980. The molecule has 1 aromatic carbocycles. The highest BCUT2D eigenvalue weighted by Crippen LogP contribution is 2.47. The quantitative estimate of drug-likeness (QED) is 0.788. The zero-order valence-corrected chi connectivity index (χ0v) is 11.9. The number of phenols is 1. The number of hydrogen-bond acceptors (Lipinski definition) is 1. The lowest BCUT2D eigenvalue weighted by atomic mass is 9.71. The van der Waals surface area contributed by atoms with Crippen LogP contribution in [0, 0.1) is 5.92 Å². The Morgan fingerprint density at radius 2 is 1.94 bits per heavy atom. The normalized spacial score (nSPS) is 22.0. The van der Waals surface area contributed by atoms with Crippen LogP contribution < -0.4 is 0 Å². The van der Waals surface area contributed by atoms with E-state index in [4.69, 9.17) is 0 Å². The Labute approximate surface area is 106 Å². The van der Waals surface area contributed by atoms with Crippen LogP contribution >= 0.6 is 0 Å². The molecule has 1 heteroatoms. The molecule has 0 aromatic heterocycles. The molecule has 0 spiro atoms. The van der Waals surface area contributed by atoms with E-state index in [1.165, 1.54) is 30.4 Å². The van der Waals surface area contributed by atoms with Gasteiger partial charge >= 0.3 is 0 Å². The third-order valence-electron chi connectivity index (χ3n) is 4.21. The Kier molecular flexibility index (Phi) is 4.62. The number of phenolic OH excluding ortho intramolecular Hbond substituents is 1. The lowest BCUT2D eigenvalue weighted by Gasteiger charge is -2.33. The molecule has 1 N–H and O–H groups in total. The summed E-state index contributed by atoms with van der Waals surface area (Å²) in [6, 6.07) is 5.88. The van der Waals surface area contributed by atoms with Crippen molar-refractivity contribution in [3.8, 4) is 5.75 Å². The molecule has 1 aromatic rings. The molecule has 2 rings (SSSR count). The van der Waals surface area contributed by atoms with Crippen molar-refractivity contribution < 1.29 is 5.11 Å². The van der Waals surface area contributed by atoms with Gasteiger partial charge in [0, 0.05) is 0 Å². The summed E-state index contributed by atoms with van der Waals surface area (Å²) in [6.07, 6.45) is 3.57. The van der Waals surface area contributed by atoms with E-state index in [2.05, 4.69) is 26.8 Å². The molecule has 0 heterocycles. The fourth-order valence-corrected chi connectivity index (χ4v) is 3.11. The number of fused-ring (bicyclic) bond motifs is 1. The summed E-state index contributed by atoms with van der Waals surface area (Å²) in [5, 5.41) is 9.61. The van der Waals surface area contributed by atoms with Gasteiger partial charge in [-0.05, 0) is 53.9 Å². The topological polar surface area (TPSA) is 20.2 Å². The molecule has 1 aliphatic rings. The van der Waals surface area contributed by atoms with Crippen LogP contribution in [0.1, 0.15) is 58.6 Å². The molecule has 0 saturated carbocycles. The summed E-state index contributed by atoms with van der Waals surface area (Å²) in [4.78, 5) is 0. The van der Waals surface area contributed by atoms with Gasteiger partial charge in [-0.3, -0.25) is 0 Å². The molecule has 0 aliphatic heterocycles. The first kappa shape index (κ1) is 14.1. The Morgan fingerprint density at radius 3 is 2.47 bits per heavy atom. The first-order valence-corrected chi connectivity index (χ1v) is 6.92.